The first-order chi connectivity index (χ1) is 13.6. The number of carbonyl (C=O) groups excluding carboxylic acids is 2. The van der Waals surface area contributed by atoms with Crippen molar-refractivity contribution in [2.45, 2.75) is 6.54 Å². The third kappa shape index (κ3) is 5.59. The highest BCUT2D eigenvalue weighted by atomic mass is 35.5. The molecule has 1 amide bonds. The van der Waals surface area contributed by atoms with Crippen LogP contribution in [0.15, 0.2) is 78.9 Å². The van der Waals surface area contributed by atoms with Crippen molar-refractivity contribution in [1.82, 2.24) is 5.32 Å². The molecule has 0 unspecified atom stereocenters. The van der Waals surface area contributed by atoms with E-state index in [9.17, 15) is 9.59 Å². The lowest BCUT2D eigenvalue weighted by atomic mass is 10.1. The van der Waals surface area contributed by atoms with Gasteiger partial charge in [-0.15, -0.1) is 0 Å². The number of nitrogens with one attached hydrogen (secondary N) is 2. The molecule has 0 radical (unpaired) electrons. The summed E-state index contributed by atoms with van der Waals surface area (Å²) in [6, 6.07) is 23.6. The first-order valence-corrected chi connectivity index (χ1v) is 9.09. The van der Waals surface area contributed by atoms with Gasteiger partial charge in [0.2, 0.25) is 0 Å². The molecule has 2 N–H and O–H groups in total. The molecule has 0 bridgehead atoms. The minimum Gasteiger partial charge on any atom is -0.452 e. The van der Waals surface area contributed by atoms with Gasteiger partial charge < -0.3 is 15.4 Å². The van der Waals surface area contributed by atoms with E-state index in [1.807, 2.05) is 48.5 Å². The fourth-order valence-electron chi connectivity index (χ4n) is 2.51. The fourth-order valence-corrected chi connectivity index (χ4v) is 2.64. The Bertz CT molecular complexity index is 944. The van der Waals surface area contributed by atoms with Gasteiger partial charge in [0.25, 0.3) is 5.91 Å². The third-order valence-corrected chi connectivity index (χ3v) is 4.19. The monoisotopic (exact) mass is 394 g/mol. The molecular formula is C22H19ClN2O3. The zero-order valence-electron chi connectivity index (χ0n) is 15.0. The molecule has 0 fully saturated rings. The number of anilines is 2. The predicted molar refractivity (Wildman–Crippen MR) is 110 cm³/mol. The van der Waals surface area contributed by atoms with Crippen LogP contribution in [0.3, 0.4) is 0 Å². The molecule has 6 heteroatoms. The Morgan fingerprint density at radius 1 is 0.857 bits per heavy atom. The molecule has 0 aliphatic carbocycles. The standard InChI is InChI=1S/C22H19ClN2O3/c23-17-12-10-16(11-13-17)14-24-21(26)15-28-22(27)19-8-4-5-9-20(19)25-18-6-2-1-3-7-18/h1-13,25H,14-15H2,(H,24,26). The quantitative estimate of drug-likeness (QED) is 0.576. The van der Waals surface area contributed by atoms with Crippen molar-refractivity contribution < 1.29 is 14.3 Å². The molecule has 3 aromatic carbocycles. The van der Waals surface area contributed by atoms with Gasteiger partial charge in [-0.2, -0.15) is 0 Å². The van der Waals surface area contributed by atoms with Crippen molar-refractivity contribution in [1.29, 1.82) is 0 Å². The summed E-state index contributed by atoms with van der Waals surface area (Å²) in [5.74, 6) is -0.947. The van der Waals surface area contributed by atoms with Crippen LogP contribution in [-0.2, 0) is 16.1 Å². The predicted octanol–water partition coefficient (Wildman–Crippen LogP) is 4.56. The molecule has 0 atom stereocenters. The van der Waals surface area contributed by atoms with Crippen LogP contribution in [0.1, 0.15) is 15.9 Å². The van der Waals surface area contributed by atoms with E-state index in [2.05, 4.69) is 10.6 Å². The second kappa shape index (κ2) is 9.58. The Morgan fingerprint density at radius 2 is 1.54 bits per heavy atom. The summed E-state index contributed by atoms with van der Waals surface area (Å²) >= 11 is 5.83. The van der Waals surface area contributed by atoms with Gasteiger partial charge in [-0.1, -0.05) is 54.1 Å². The summed E-state index contributed by atoms with van der Waals surface area (Å²) in [6.45, 7) is -0.0220. The maximum absolute atomic E-state index is 12.4. The zero-order valence-corrected chi connectivity index (χ0v) is 15.8. The minimum absolute atomic E-state index is 0.333. The van der Waals surface area contributed by atoms with E-state index in [1.165, 1.54) is 0 Å². The number of amides is 1. The number of benzene rings is 3. The topological polar surface area (TPSA) is 67.4 Å². The lowest BCUT2D eigenvalue weighted by Crippen LogP contribution is -2.28. The second-order valence-electron chi connectivity index (χ2n) is 6.02. The van der Waals surface area contributed by atoms with Gasteiger partial charge in [0, 0.05) is 17.3 Å². The second-order valence-corrected chi connectivity index (χ2v) is 6.45. The smallest absolute Gasteiger partial charge is 0.340 e. The number of halogens is 1. The summed E-state index contributed by atoms with van der Waals surface area (Å²) in [6.07, 6.45) is 0. The van der Waals surface area contributed by atoms with Crippen LogP contribution in [0.4, 0.5) is 11.4 Å². The minimum atomic E-state index is -0.569. The van der Waals surface area contributed by atoms with E-state index < -0.39 is 5.97 Å². The molecule has 142 valence electrons. The lowest BCUT2D eigenvalue weighted by Gasteiger charge is -2.12. The first-order valence-electron chi connectivity index (χ1n) is 8.71. The van der Waals surface area contributed by atoms with Gasteiger partial charge in [0.1, 0.15) is 0 Å². The summed E-state index contributed by atoms with van der Waals surface area (Å²) in [7, 11) is 0. The SMILES string of the molecule is O=C(COC(=O)c1ccccc1Nc1ccccc1)NCc1ccc(Cl)cc1. The highest BCUT2D eigenvalue weighted by Crippen LogP contribution is 2.21. The summed E-state index contributed by atoms with van der Waals surface area (Å²) in [5, 5.41) is 6.52. The Kier molecular flexibility index (Phi) is 6.65. The van der Waals surface area contributed by atoms with Crippen LogP contribution in [-0.4, -0.2) is 18.5 Å². The Morgan fingerprint density at radius 3 is 2.29 bits per heavy atom. The normalized spacial score (nSPS) is 10.2. The van der Waals surface area contributed by atoms with E-state index in [4.69, 9.17) is 16.3 Å². The van der Waals surface area contributed by atoms with Crippen molar-refractivity contribution in [2.24, 2.45) is 0 Å². The van der Waals surface area contributed by atoms with Crippen LogP contribution >= 0.6 is 11.6 Å². The first kappa shape index (κ1) is 19.5. The van der Waals surface area contributed by atoms with Crippen molar-refractivity contribution in [2.75, 3.05) is 11.9 Å². The average Bonchev–Trinajstić information content (AvgIpc) is 2.73. The van der Waals surface area contributed by atoms with E-state index >= 15 is 0 Å². The molecule has 0 saturated heterocycles. The van der Waals surface area contributed by atoms with E-state index in [-0.39, 0.29) is 12.5 Å². The van der Waals surface area contributed by atoms with Crippen molar-refractivity contribution >= 4 is 34.9 Å². The molecule has 0 spiro atoms. The summed E-state index contributed by atoms with van der Waals surface area (Å²) in [4.78, 5) is 24.4. The number of para-hydroxylation sites is 2. The highest BCUT2D eigenvalue weighted by Gasteiger charge is 2.14. The molecular weight excluding hydrogens is 376 g/mol. The van der Waals surface area contributed by atoms with Crippen LogP contribution < -0.4 is 10.6 Å². The molecule has 3 rings (SSSR count). The number of carbonyl (C=O) groups is 2. The van der Waals surface area contributed by atoms with Gasteiger partial charge in [-0.3, -0.25) is 4.79 Å². The number of rotatable bonds is 7. The maximum atomic E-state index is 12.4. The molecule has 0 aliphatic rings. The number of hydrogen-bond acceptors (Lipinski definition) is 4. The van der Waals surface area contributed by atoms with Crippen LogP contribution in [0.2, 0.25) is 5.02 Å². The Balaban J connectivity index is 1.54. The van der Waals surface area contributed by atoms with E-state index in [1.54, 1.807) is 30.3 Å². The molecule has 0 saturated carbocycles. The van der Waals surface area contributed by atoms with E-state index in [0.717, 1.165) is 11.3 Å². The molecule has 3 aromatic rings. The maximum Gasteiger partial charge on any atom is 0.340 e. The number of esters is 1. The van der Waals surface area contributed by atoms with Gasteiger partial charge in [0.05, 0.1) is 11.3 Å². The molecule has 0 aliphatic heterocycles. The van der Waals surface area contributed by atoms with Crippen molar-refractivity contribution in [3.63, 3.8) is 0 Å². The Labute approximate surface area is 168 Å². The van der Waals surface area contributed by atoms with Gasteiger partial charge >= 0.3 is 5.97 Å². The average molecular weight is 395 g/mol. The van der Waals surface area contributed by atoms with Crippen molar-refractivity contribution in [3.8, 4) is 0 Å². The van der Waals surface area contributed by atoms with Crippen molar-refractivity contribution in [3.05, 3.63) is 95.0 Å². The molecule has 0 aromatic heterocycles. The fraction of sp³-hybridized carbons (Fsp3) is 0.0909. The largest absolute Gasteiger partial charge is 0.452 e. The number of hydrogen-bond donors (Lipinski definition) is 2. The third-order valence-electron chi connectivity index (χ3n) is 3.94. The molecule has 28 heavy (non-hydrogen) atoms. The Hall–Kier alpha value is -3.31. The van der Waals surface area contributed by atoms with Gasteiger partial charge in [-0.05, 0) is 42.0 Å². The number of ether oxygens (including phenoxy) is 1. The summed E-state index contributed by atoms with van der Waals surface area (Å²) in [5.41, 5.74) is 2.72. The van der Waals surface area contributed by atoms with E-state index in [0.29, 0.717) is 22.8 Å². The molecule has 5 nitrogen and oxygen atoms in total. The van der Waals surface area contributed by atoms with Crippen LogP contribution in [0, 0.1) is 0 Å². The van der Waals surface area contributed by atoms with Crippen LogP contribution in [0.25, 0.3) is 0 Å². The lowest BCUT2D eigenvalue weighted by molar-refractivity contribution is -0.124. The van der Waals surface area contributed by atoms with Gasteiger partial charge in [-0.25, -0.2) is 4.79 Å². The van der Waals surface area contributed by atoms with Gasteiger partial charge in [0.15, 0.2) is 6.61 Å². The van der Waals surface area contributed by atoms with Crippen LogP contribution in [0.5, 0.6) is 0 Å². The highest BCUT2D eigenvalue weighted by molar-refractivity contribution is 6.30. The summed E-state index contributed by atoms with van der Waals surface area (Å²) < 4.78 is 5.16. The zero-order chi connectivity index (χ0) is 19.8. The molecule has 0 heterocycles.